The van der Waals surface area contributed by atoms with E-state index in [4.69, 9.17) is 9.84 Å². The van der Waals surface area contributed by atoms with Gasteiger partial charge in [-0.1, -0.05) is 0 Å². The van der Waals surface area contributed by atoms with Gasteiger partial charge in [-0.2, -0.15) is 5.10 Å². The Kier molecular flexibility index (Phi) is 4.24. The molecule has 1 unspecified atom stereocenters. The van der Waals surface area contributed by atoms with E-state index in [9.17, 15) is 9.59 Å². The summed E-state index contributed by atoms with van der Waals surface area (Å²) in [5.74, 6) is -1.17. The summed E-state index contributed by atoms with van der Waals surface area (Å²) in [5, 5.41) is 15.0. The molecule has 8 heteroatoms. The highest BCUT2D eigenvalue weighted by atomic mass is 16.6. The van der Waals surface area contributed by atoms with Crippen LogP contribution in [0.15, 0.2) is 12.7 Å². The fraction of sp³-hybridized carbons (Fsp3) is 0.600. The highest BCUT2D eigenvalue weighted by Crippen LogP contribution is 2.07. The Bertz CT molecular complexity index is 410. The normalized spacial score (nSPS) is 12.8. The summed E-state index contributed by atoms with van der Waals surface area (Å²) in [6.07, 6.45) is 1.87. The molecule has 1 atom stereocenters. The molecular formula is C10H16N4O4. The molecule has 0 spiro atoms. The first-order valence-corrected chi connectivity index (χ1v) is 5.32. The summed E-state index contributed by atoms with van der Waals surface area (Å²) >= 11 is 0. The van der Waals surface area contributed by atoms with Gasteiger partial charge in [-0.15, -0.1) is 0 Å². The lowest BCUT2D eigenvalue weighted by atomic mass is 10.2. The zero-order valence-electron chi connectivity index (χ0n) is 10.5. The number of aliphatic carboxylic acids is 1. The van der Waals surface area contributed by atoms with Gasteiger partial charge in [0.15, 0.2) is 0 Å². The number of alkyl carbamates (subject to hydrolysis) is 1. The van der Waals surface area contributed by atoms with Crippen LogP contribution in [0.1, 0.15) is 20.8 Å². The van der Waals surface area contributed by atoms with Crippen LogP contribution in [0, 0.1) is 0 Å². The third kappa shape index (κ3) is 4.81. The van der Waals surface area contributed by atoms with Crippen molar-refractivity contribution in [1.82, 2.24) is 20.1 Å². The largest absolute Gasteiger partial charge is 0.480 e. The van der Waals surface area contributed by atoms with Crippen LogP contribution in [-0.4, -0.2) is 43.6 Å². The first-order chi connectivity index (χ1) is 8.28. The predicted octanol–water partition coefficient (Wildman–Crippen LogP) is 0.256. The number of nitrogens with one attached hydrogen (secondary N) is 1. The predicted molar refractivity (Wildman–Crippen MR) is 60.8 cm³/mol. The molecule has 8 nitrogen and oxygen atoms in total. The van der Waals surface area contributed by atoms with E-state index < -0.39 is 23.7 Å². The van der Waals surface area contributed by atoms with Crippen LogP contribution < -0.4 is 5.32 Å². The SMILES string of the molecule is CC(C)(C)OC(=O)NC(Cn1cncn1)C(=O)O. The molecule has 0 saturated carbocycles. The molecule has 1 heterocycles. The summed E-state index contributed by atoms with van der Waals surface area (Å²) in [5.41, 5.74) is -0.680. The second kappa shape index (κ2) is 5.48. The van der Waals surface area contributed by atoms with Crippen LogP contribution >= 0.6 is 0 Å². The van der Waals surface area contributed by atoms with Crippen LogP contribution in [0.4, 0.5) is 4.79 Å². The van der Waals surface area contributed by atoms with E-state index >= 15 is 0 Å². The van der Waals surface area contributed by atoms with Crippen molar-refractivity contribution in [2.75, 3.05) is 0 Å². The number of rotatable bonds is 4. The Morgan fingerprint density at radius 3 is 2.61 bits per heavy atom. The zero-order valence-corrected chi connectivity index (χ0v) is 10.5. The second-order valence-corrected chi connectivity index (χ2v) is 4.65. The van der Waals surface area contributed by atoms with Gasteiger partial charge < -0.3 is 15.2 Å². The van der Waals surface area contributed by atoms with Crippen molar-refractivity contribution in [1.29, 1.82) is 0 Å². The third-order valence-electron chi connectivity index (χ3n) is 1.83. The lowest BCUT2D eigenvalue weighted by Gasteiger charge is -2.21. The number of ether oxygens (including phenoxy) is 1. The van der Waals surface area contributed by atoms with Gasteiger partial charge in [0.05, 0.1) is 6.54 Å². The van der Waals surface area contributed by atoms with Crippen molar-refractivity contribution >= 4 is 12.1 Å². The topological polar surface area (TPSA) is 106 Å². The molecule has 0 bridgehead atoms. The number of amides is 1. The van der Waals surface area contributed by atoms with E-state index in [1.807, 2.05) is 0 Å². The van der Waals surface area contributed by atoms with Crippen LogP contribution in [0.3, 0.4) is 0 Å². The fourth-order valence-corrected chi connectivity index (χ4v) is 1.15. The van der Waals surface area contributed by atoms with Crippen molar-refractivity contribution in [2.45, 2.75) is 39.0 Å². The minimum atomic E-state index is -1.17. The smallest absolute Gasteiger partial charge is 0.408 e. The molecule has 0 aliphatic carbocycles. The van der Waals surface area contributed by atoms with Crippen LogP contribution in [0.25, 0.3) is 0 Å². The number of carboxylic acids is 1. The molecule has 100 valence electrons. The minimum absolute atomic E-state index is 0.0193. The number of nitrogens with zero attached hydrogens (tertiary/aromatic N) is 3. The maximum Gasteiger partial charge on any atom is 0.408 e. The molecule has 0 aromatic carbocycles. The molecule has 2 N–H and O–H groups in total. The molecule has 1 rings (SSSR count). The van der Waals surface area contributed by atoms with E-state index in [1.54, 1.807) is 20.8 Å². The van der Waals surface area contributed by atoms with Crippen molar-refractivity contribution in [3.05, 3.63) is 12.7 Å². The van der Waals surface area contributed by atoms with Gasteiger partial charge in [-0.3, -0.25) is 4.68 Å². The molecular weight excluding hydrogens is 240 g/mol. The van der Waals surface area contributed by atoms with E-state index in [0.717, 1.165) is 0 Å². The second-order valence-electron chi connectivity index (χ2n) is 4.65. The molecule has 1 aromatic heterocycles. The molecule has 1 aromatic rings. The Morgan fingerprint density at radius 2 is 2.17 bits per heavy atom. The van der Waals surface area contributed by atoms with Crippen LogP contribution in [0.2, 0.25) is 0 Å². The minimum Gasteiger partial charge on any atom is -0.480 e. The van der Waals surface area contributed by atoms with E-state index in [1.165, 1.54) is 17.3 Å². The molecule has 0 radical (unpaired) electrons. The zero-order chi connectivity index (χ0) is 13.8. The Balaban J connectivity index is 2.58. The van der Waals surface area contributed by atoms with Crippen molar-refractivity contribution in [2.24, 2.45) is 0 Å². The monoisotopic (exact) mass is 256 g/mol. The summed E-state index contributed by atoms with van der Waals surface area (Å²) in [7, 11) is 0. The quantitative estimate of drug-likeness (QED) is 0.800. The van der Waals surface area contributed by atoms with Gasteiger partial charge in [0.2, 0.25) is 0 Å². The number of hydrogen-bond acceptors (Lipinski definition) is 5. The highest BCUT2D eigenvalue weighted by Gasteiger charge is 2.24. The third-order valence-corrected chi connectivity index (χ3v) is 1.83. The average molecular weight is 256 g/mol. The maximum atomic E-state index is 11.5. The van der Waals surface area contributed by atoms with Crippen molar-refractivity contribution in [3.8, 4) is 0 Å². The highest BCUT2D eigenvalue weighted by molar-refractivity contribution is 5.79. The number of hydrogen-bond donors (Lipinski definition) is 2. The number of aromatic nitrogens is 3. The Hall–Kier alpha value is -2.12. The Labute approximate surface area is 104 Å². The van der Waals surface area contributed by atoms with E-state index in [-0.39, 0.29) is 6.54 Å². The molecule has 0 aliphatic heterocycles. The van der Waals surface area contributed by atoms with E-state index in [2.05, 4.69) is 15.4 Å². The average Bonchev–Trinajstić information content (AvgIpc) is 2.66. The molecule has 18 heavy (non-hydrogen) atoms. The number of carboxylic acid groups (broad SMARTS) is 1. The lowest BCUT2D eigenvalue weighted by Crippen LogP contribution is -2.45. The molecule has 0 saturated heterocycles. The standard InChI is InChI=1S/C10H16N4O4/c1-10(2,3)18-9(17)13-7(8(15)16)4-14-6-11-5-12-14/h5-7H,4H2,1-3H3,(H,13,17)(H,15,16). The Morgan fingerprint density at radius 1 is 1.50 bits per heavy atom. The van der Waals surface area contributed by atoms with Crippen LogP contribution in [-0.2, 0) is 16.1 Å². The summed E-state index contributed by atoms with van der Waals surface area (Å²) in [4.78, 5) is 26.1. The fourth-order valence-electron chi connectivity index (χ4n) is 1.15. The van der Waals surface area contributed by atoms with Gasteiger partial charge in [0, 0.05) is 0 Å². The summed E-state index contributed by atoms with van der Waals surface area (Å²) in [6, 6.07) is -1.12. The molecule has 0 aliphatic rings. The van der Waals surface area contributed by atoms with Gasteiger partial charge in [0.1, 0.15) is 24.3 Å². The summed E-state index contributed by atoms with van der Waals surface area (Å²) < 4.78 is 6.29. The lowest BCUT2D eigenvalue weighted by molar-refractivity contribution is -0.139. The van der Waals surface area contributed by atoms with Crippen molar-refractivity contribution in [3.63, 3.8) is 0 Å². The first kappa shape index (κ1) is 13.9. The van der Waals surface area contributed by atoms with Crippen molar-refractivity contribution < 1.29 is 19.4 Å². The van der Waals surface area contributed by atoms with Gasteiger partial charge >= 0.3 is 12.1 Å². The van der Waals surface area contributed by atoms with E-state index in [0.29, 0.717) is 0 Å². The molecule has 1 amide bonds. The van der Waals surface area contributed by atoms with Crippen LogP contribution in [0.5, 0.6) is 0 Å². The summed E-state index contributed by atoms with van der Waals surface area (Å²) in [6.45, 7) is 5.06. The molecule has 0 fully saturated rings. The first-order valence-electron chi connectivity index (χ1n) is 5.32. The van der Waals surface area contributed by atoms with Gasteiger partial charge in [-0.25, -0.2) is 14.6 Å². The maximum absolute atomic E-state index is 11.5. The number of carbonyl (C=O) groups is 2. The van der Waals surface area contributed by atoms with Gasteiger partial charge in [0.25, 0.3) is 0 Å². The van der Waals surface area contributed by atoms with Gasteiger partial charge in [-0.05, 0) is 20.8 Å². The number of carbonyl (C=O) groups excluding carboxylic acids is 1.